The van der Waals surface area contributed by atoms with E-state index in [0.717, 1.165) is 31.8 Å². The van der Waals surface area contributed by atoms with Gasteiger partial charge in [-0.05, 0) is 38.6 Å². The zero-order chi connectivity index (χ0) is 10.0. The van der Waals surface area contributed by atoms with Gasteiger partial charge in [-0.1, -0.05) is 12.8 Å². The number of rotatable bonds is 4. The van der Waals surface area contributed by atoms with E-state index in [4.69, 9.17) is 0 Å². The second kappa shape index (κ2) is 3.89. The Morgan fingerprint density at radius 3 is 2.93 bits per heavy atom. The molecule has 2 N–H and O–H groups in total. The van der Waals surface area contributed by atoms with Crippen molar-refractivity contribution in [3.8, 4) is 0 Å². The van der Waals surface area contributed by atoms with Gasteiger partial charge in [0.2, 0.25) is 5.91 Å². The van der Waals surface area contributed by atoms with Gasteiger partial charge in [0.15, 0.2) is 0 Å². The number of hydrogen-bond donors (Lipinski definition) is 2. The van der Waals surface area contributed by atoms with Crippen LogP contribution in [-0.4, -0.2) is 24.5 Å². The lowest BCUT2D eigenvalue weighted by Crippen LogP contribution is -2.51. The van der Waals surface area contributed by atoms with Gasteiger partial charge in [0.05, 0.1) is 5.54 Å². The highest BCUT2D eigenvalue weighted by Gasteiger charge is 2.35. The van der Waals surface area contributed by atoms with Crippen molar-refractivity contribution in [2.75, 3.05) is 13.1 Å². The zero-order valence-electron chi connectivity index (χ0n) is 8.94. The fourth-order valence-electron chi connectivity index (χ4n) is 2.08. The zero-order valence-corrected chi connectivity index (χ0v) is 8.94. The minimum Gasteiger partial charge on any atom is -0.354 e. The van der Waals surface area contributed by atoms with Gasteiger partial charge in [-0.15, -0.1) is 0 Å². The Bertz CT molecular complexity index is 217. The Labute approximate surface area is 85.6 Å². The second-order valence-electron chi connectivity index (χ2n) is 4.85. The molecule has 0 aromatic carbocycles. The highest BCUT2D eigenvalue weighted by atomic mass is 16.2. The summed E-state index contributed by atoms with van der Waals surface area (Å²) in [5.41, 5.74) is -0.288. The van der Waals surface area contributed by atoms with E-state index in [0.29, 0.717) is 0 Å². The van der Waals surface area contributed by atoms with E-state index < -0.39 is 0 Å². The predicted octanol–water partition coefficient (Wildman–Crippen LogP) is 1.04. The van der Waals surface area contributed by atoms with Gasteiger partial charge in [0.1, 0.15) is 0 Å². The van der Waals surface area contributed by atoms with E-state index >= 15 is 0 Å². The van der Waals surface area contributed by atoms with Crippen LogP contribution >= 0.6 is 0 Å². The van der Waals surface area contributed by atoms with Crippen LogP contribution in [0.15, 0.2) is 0 Å². The molecule has 1 atom stereocenters. The fourth-order valence-corrected chi connectivity index (χ4v) is 2.08. The van der Waals surface area contributed by atoms with E-state index in [1.165, 1.54) is 19.3 Å². The maximum absolute atomic E-state index is 11.8. The van der Waals surface area contributed by atoms with Crippen LogP contribution in [0.2, 0.25) is 0 Å². The fraction of sp³-hybridized carbons (Fsp3) is 0.909. The van der Waals surface area contributed by atoms with Gasteiger partial charge in [-0.2, -0.15) is 0 Å². The molecule has 0 bridgehead atoms. The van der Waals surface area contributed by atoms with Crippen molar-refractivity contribution in [1.82, 2.24) is 10.6 Å². The summed E-state index contributed by atoms with van der Waals surface area (Å²) in [5.74, 6) is 1.09. The molecule has 2 rings (SSSR count). The molecule has 1 aliphatic heterocycles. The van der Waals surface area contributed by atoms with Gasteiger partial charge in [-0.25, -0.2) is 0 Å². The Hall–Kier alpha value is -0.570. The topological polar surface area (TPSA) is 41.1 Å². The van der Waals surface area contributed by atoms with Crippen molar-refractivity contribution in [2.45, 2.75) is 44.6 Å². The van der Waals surface area contributed by atoms with Crippen LogP contribution in [0.3, 0.4) is 0 Å². The first-order chi connectivity index (χ1) is 6.71. The molecule has 0 aromatic heterocycles. The summed E-state index contributed by atoms with van der Waals surface area (Å²) >= 11 is 0. The van der Waals surface area contributed by atoms with Crippen LogP contribution in [0, 0.1) is 5.92 Å². The Morgan fingerprint density at radius 1 is 1.57 bits per heavy atom. The maximum Gasteiger partial charge on any atom is 0.240 e. The van der Waals surface area contributed by atoms with Crippen molar-refractivity contribution in [3.05, 3.63) is 0 Å². The Morgan fingerprint density at radius 2 is 2.36 bits per heavy atom. The van der Waals surface area contributed by atoms with Crippen molar-refractivity contribution in [3.63, 3.8) is 0 Å². The summed E-state index contributed by atoms with van der Waals surface area (Å²) in [6.45, 7) is 3.85. The van der Waals surface area contributed by atoms with Gasteiger partial charge in [0, 0.05) is 6.54 Å². The van der Waals surface area contributed by atoms with Crippen LogP contribution in [0.1, 0.15) is 39.0 Å². The molecule has 0 aromatic rings. The van der Waals surface area contributed by atoms with Crippen molar-refractivity contribution in [2.24, 2.45) is 5.92 Å². The molecule has 1 amide bonds. The first-order valence-corrected chi connectivity index (χ1v) is 5.74. The summed E-state index contributed by atoms with van der Waals surface area (Å²) in [6, 6.07) is 0. The summed E-state index contributed by atoms with van der Waals surface area (Å²) in [4.78, 5) is 11.8. The molecule has 0 radical (unpaired) electrons. The van der Waals surface area contributed by atoms with Gasteiger partial charge in [0.25, 0.3) is 0 Å². The smallest absolute Gasteiger partial charge is 0.240 e. The highest BCUT2D eigenvalue weighted by molar-refractivity contribution is 5.86. The van der Waals surface area contributed by atoms with Crippen molar-refractivity contribution < 1.29 is 4.79 Å². The molecular weight excluding hydrogens is 176 g/mol. The standard InChI is InChI=1S/C11H20N2O/c1-11(6-2-7-13-11)10(14)12-8-5-9-3-4-9/h9,13H,2-8H2,1H3,(H,12,14). The highest BCUT2D eigenvalue weighted by Crippen LogP contribution is 2.31. The largest absolute Gasteiger partial charge is 0.354 e. The molecule has 0 spiro atoms. The minimum atomic E-state index is -0.288. The molecule has 1 saturated carbocycles. The third kappa shape index (κ3) is 2.27. The molecule has 1 aliphatic carbocycles. The quantitative estimate of drug-likeness (QED) is 0.705. The predicted molar refractivity (Wildman–Crippen MR) is 56.0 cm³/mol. The van der Waals surface area contributed by atoms with E-state index in [9.17, 15) is 4.79 Å². The van der Waals surface area contributed by atoms with Gasteiger partial charge >= 0.3 is 0 Å². The van der Waals surface area contributed by atoms with E-state index in [1.807, 2.05) is 6.92 Å². The lowest BCUT2D eigenvalue weighted by atomic mass is 9.99. The second-order valence-corrected chi connectivity index (χ2v) is 4.85. The number of carbonyl (C=O) groups is 1. The maximum atomic E-state index is 11.8. The normalized spacial score (nSPS) is 31.8. The van der Waals surface area contributed by atoms with Crippen molar-refractivity contribution in [1.29, 1.82) is 0 Å². The van der Waals surface area contributed by atoms with Crippen LogP contribution in [0.5, 0.6) is 0 Å². The van der Waals surface area contributed by atoms with Crippen molar-refractivity contribution >= 4 is 5.91 Å². The van der Waals surface area contributed by atoms with E-state index in [-0.39, 0.29) is 11.4 Å². The summed E-state index contributed by atoms with van der Waals surface area (Å²) in [5, 5.41) is 6.31. The molecule has 2 aliphatic rings. The van der Waals surface area contributed by atoms with Crippen LogP contribution in [0.25, 0.3) is 0 Å². The van der Waals surface area contributed by atoms with Crippen LogP contribution < -0.4 is 10.6 Å². The third-order valence-electron chi connectivity index (χ3n) is 3.40. The molecule has 1 saturated heterocycles. The SMILES string of the molecule is CC1(C(=O)NCCC2CC2)CCCN1. The number of hydrogen-bond acceptors (Lipinski definition) is 2. The lowest BCUT2D eigenvalue weighted by Gasteiger charge is -2.22. The number of amides is 1. The number of nitrogens with one attached hydrogen (secondary N) is 2. The third-order valence-corrected chi connectivity index (χ3v) is 3.40. The summed E-state index contributed by atoms with van der Waals surface area (Å²) in [7, 11) is 0. The monoisotopic (exact) mass is 196 g/mol. The van der Waals surface area contributed by atoms with E-state index in [1.54, 1.807) is 0 Å². The molecule has 1 heterocycles. The molecule has 2 fully saturated rings. The number of carbonyl (C=O) groups excluding carboxylic acids is 1. The Balaban J connectivity index is 1.70. The Kier molecular flexibility index (Phi) is 2.77. The summed E-state index contributed by atoms with van der Waals surface area (Å²) < 4.78 is 0. The summed E-state index contributed by atoms with van der Waals surface area (Å²) in [6.07, 6.45) is 5.99. The first kappa shape index (κ1) is 9.97. The van der Waals surface area contributed by atoms with Crippen LogP contribution in [-0.2, 0) is 4.79 Å². The lowest BCUT2D eigenvalue weighted by molar-refractivity contribution is -0.126. The van der Waals surface area contributed by atoms with Gasteiger partial charge < -0.3 is 10.6 Å². The van der Waals surface area contributed by atoms with E-state index in [2.05, 4.69) is 10.6 Å². The van der Waals surface area contributed by atoms with Gasteiger partial charge in [-0.3, -0.25) is 4.79 Å². The minimum absolute atomic E-state index is 0.190. The molecule has 80 valence electrons. The molecular formula is C11H20N2O. The average Bonchev–Trinajstić information content (AvgIpc) is 2.88. The first-order valence-electron chi connectivity index (χ1n) is 5.74. The van der Waals surface area contributed by atoms with Crippen LogP contribution in [0.4, 0.5) is 0 Å². The molecule has 3 heteroatoms. The molecule has 14 heavy (non-hydrogen) atoms. The molecule has 1 unspecified atom stereocenters. The average molecular weight is 196 g/mol. The molecule has 3 nitrogen and oxygen atoms in total.